The van der Waals surface area contributed by atoms with E-state index in [1.807, 2.05) is 0 Å². The molecule has 3 rings (SSSR count). The van der Waals surface area contributed by atoms with Gasteiger partial charge in [-0.1, -0.05) is 12.1 Å². The van der Waals surface area contributed by atoms with Gasteiger partial charge in [0, 0.05) is 22.5 Å². The fourth-order valence-corrected chi connectivity index (χ4v) is 2.90. The van der Waals surface area contributed by atoms with Gasteiger partial charge >= 0.3 is 6.18 Å². The van der Waals surface area contributed by atoms with Gasteiger partial charge in [-0.2, -0.15) is 13.2 Å². The first-order valence-electron chi connectivity index (χ1n) is 9.33. The molecule has 0 aliphatic rings. The second kappa shape index (κ2) is 9.42. The van der Waals surface area contributed by atoms with Gasteiger partial charge in [0.1, 0.15) is 0 Å². The topological polar surface area (TPSA) is 76.7 Å². The molecule has 0 aliphatic heterocycles. The molecule has 32 heavy (non-hydrogen) atoms. The average molecular weight is 444 g/mol. The van der Waals surface area contributed by atoms with Crippen molar-refractivity contribution in [1.82, 2.24) is 0 Å². The number of rotatable bonds is 6. The zero-order chi connectivity index (χ0) is 23.3. The first-order valence-corrected chi connectivity index (χ1v) is 9.33. The van der Waals surface area contributed by atoms with Gasteiger partial charge in [-0.3, -0.25) is 9.59 Å². The zero-order valence-corrected chi connectivity index (χ0v) is 17.1. The highest BCUT2D eigenvalue weighted by atomic mass is 19.4. The van der Waals surface area contributed by atoms with Gasteiger partial charge in [0.25, 0.3) is 11.8 Å². The zero-order valence-electron chi connectivity index (χ0n) is 17.1. The Morgan fingerprint density at radius 1 is 0.719 bits per heavy atom. The summed E-state index contributed by atoms with van der Waals surface area (Å²) in [4.78, 5) is 25.1. The van der Waals surface area contributed by atoms with Crippen LogP contribution >= 0.6 is 0 Å². The fraction of sp³-hybridized carbons (Fsp3) is 0.130. The summed E-state index contributed by atoms with van der Waals surface area (Å²) in [6.07, 6.45) is -4.52. The van der Waals surface area contributed by atoms with E-state index in [0.29, 0.717) is 22.7 Å². The number of anilines is 2. The monoisotopic (exact) mass is 444 g/mol. The molecule has 0 fully saturated rings. The number of halogens is 3. The van der Waals surface area contributed by atoms with Crippen molar-refractivity contribution in [1.29, 1.82) is 0 Å². The molecule has 2 N–H and O–H groups in total. The number of carbonyl (C=O) groups excluding carboxylic acids is 2. The maximum absolute atomic E-state index is 12.9. The van der Waals surface area contributed by atoms with Crippen LogP contribution in [0.5, 0.6) is 11.5 Å². The third kappa shape index (κ3) is 5.37. The summed E-state index contributed by atoms with van der Waals surface area (Å²) in [6, 6.07) is 15.0. The minimum Gasteiger partial charge on any atom is -0.493 e. The average Bonchev–Trinajstić information content (AvgIpc) is 2.78. The van der Waals surface area contributed by atoms with Crippen LogP contribution in [-0.2, 0) is 6.18 Å². The Morgan fingerprint density at radius 2 is 1.28 bits per heavy atom. The van der Waals surface area contributed by atoms with Gasteiger partial charge in [0.15, 0.2) is 11.5 Å². The molecule has 0 aliphatic carbocycles. The van der Waals surface area contributed by atoms with Crippen molar-refractivity contribution >= 4 is 23.2 Å². The van der Waals surface area contributed by atoms with Crippen LogP contribution in [0.1, 0.15) is 26.3 Å². The molecule has 2 amide bonds. The first kappa shape index (κ1) is 22.7. The highest BCUT2D eigenvalue weighted by molar-refractivity contribution is 6.07. The molecule has 6 nitrogen and oxygen atoms in total. The number of amides is 2. The van der Waals surface area contributed by atoms with Crippen molar-refractivity contribution in [2.75, 3.05) is 24.9 Å². The normalized spacial score (nSPS) is 10.9. The van der Waals surface area contributed by atoms with E-state index in [9.17, 15) is 22.8 Å². The van der Waals surface area contributed by atoms with Crippen LogP contribution in [0.25, 0.3) is 0 Å². The van der Waals surface area contributed by atoms with E-state index in [2.05, 4.69) is 10.6 Å². The molecule has 0 bridgehead atoms. The van der Waals surface area contributed by atoms with E-state index in [4.69, 9.17) is 9.47 Å². The lowest BCUT2D eigenvalue weighted by Gasteiger charge is -2.12. The van der Waals surface area contributed by atoms with Crippen molar-refractivity contribution in [3.8, 4) is 11.5 Å². The molecular formula is C23H19F3N2O4. The summed E-state index contributed by atoms with van der Waals surface area (Å²) in [5.41, 5.74) is -0.0636. The maximum atomic E-state index is 12.9. The Balaban J connectivity index is 1.74. The number of methoxy groups -OCH3 is 2. The molecule has 0 heterocycles. The third-order valence-electron chi connectivity index (χ3n) is 4.48. The molecule has 3 aromatic carbocycles. The molecule has 0 spiro atoms. The largest absolute Gasteiger partial charge is 0.493 e. The van der Waals surface area contributed by atoms with Crippen LogP contribution in [0.3, 0.4) is 0 Å². The quantitative estimate of drug-likeness (QED) is 0.546. The van der Waals surface area contributed by atoms with E-state index in [0.717, 1.165) is 12.1 Å². The van der Waals surface area contributed by atoms with Crippen LogP contribution in [0.2, 0.25) is 0 Å². The first-order chi connectivity index (χ1) is 15.2. The van der Waals surface area contributed by atoms with Gasteiger partial charge in [-0.05, 0) is 54.6 Å². The highest BCUT2D eigenvalue weighted by Crippen LogP contribution is 2.31. The molecule has 9 heteroatoms. The number of hydrogen-bond acceptors (Lipinski definition) is 4. The number of carbonyl (C=O) groups is 2. The van der Waals surface area contributed by atoms with Gasteiger partial charge < -0.3 is 20.1 Å². The summed E-state index contributed by atoms with van der Waals surface area (Å²) in [5, 5.41) is 5.10. The molecule has 3 aromatic rings. The van der Waals surface area contributed by atoms with Gasteiger partial charge in [-0.25, -0.2) is 0 Å². The number of alkyl halides is 3. The van der Waals surface area contributed by atoms with Gasteiger partial charge in [-0.15, -0.1) is 0 Å². The van der Waals surface area contributed by atoms with Crippen molar-refractivity contribution in [3.63, 3.8) is 0 Å². The number of nitrogens with one attached hydrogen (secondary N) is 2. The molecule has 0 aromatic heterocycles. The number of hydrogen-bond donors (Lipinski definition) is 2. The van der Waals surface area contributed by atoms with Crippen molar-refractivity contribution in [2.24, 2.45) is 0 Å². The molecule has 166 valence electrons. The second-order valence-corrected chi connectivity index (χ2v) is 6.64. The van der Waals surface area contributed by atoms with Crippen LogP contribution in [0, 0.1) is 0 Å². The lowest BCUT2D eigenvalue weighted by Crippen LogP contribution is -2.15. The standard InChI is InChI=1S/C23H19F3N2O4/c1-31-19-10-9-15(12-20(19)32-2)22(30)27-17-7-3-5-14(11-17)21(29)28-18-8-4-6-16(13-18)23(24,25)26/h3-13H,1-2H3,(H,27,30)(H,28,29). The summed E-state index contributed by atoms with van der Waals surface area (Å²) < 4.78 is 48.9. The third-order valence-corrected chi connectivity index (χ3v) is 4.48. The molecular weight excluding hydrogens is 425 g/mol. The van der Waals surface area contributed by atoms with Gasteiger partial charge in [0.05, 0.1) is 19.8 Å². The molecule has 0 radical (unpaired) electrons. The Kier molecular flexibility index (Phi) is 6.67. The predicted octanol–water partition coefficient (Wildman–Crippen LogP) is 5.23. The second-order valence-electron chi connectivity index (χ2n) is 6.64. The minimum atomic E-state index is -4.52. The van der Waals surface area contributed by atoms with Crippen molar-refractivity contribution in [2.45, 2.75) is 6.18 Å². The fourth-order valence-electron chi connectivity index (χ4n) is 2.90. The highest BCUT2D eigenvalue weighted by Gasteiger charge is 2.30. The molecule has 0 saturated carbocycles. The maximum Gasteiger partial charge on any atom is 0.416 e. The van der Waals surface area contributed by atoms with E-state index in [1.54, 1.807) is 24.3 Å². The van der Waals surface area contributed by atoms with Crippen molar-refractivity contribution < 1.29 is 32.2 Å². The Hall–Kier alpha value is -4.01. The molecule has 0 saturated heterocycles. The van der Waals surface area contributed by atoms with E-state index < -0.39 is 23.6 Å². The number of ether oxygens (including phenoxy) is 2. The smallest absolute Gasteiger partial charge is 0.416 e. The van der Waals surface area contributed by atoms with Crippen LogP contribution in [-0.4, -0.2) is 26.0 Å². The summed E-state index contributed by atoms with van der Waals surface area (Å²) in [6.45, 7) is 0. The number of benzene rings is 3. The Morgan fingerprint density at radius 3 is 1.88 bits per heavy atom. The van der Waals surface area contributed by atoms with Gasteiger partial charge in [0.2, 0.25) is 0 Å². The molecule has 0 atom stereocenters. The lowest BCUT2D eigenvalue weighted by molar-refractivity contribution is -0.137. The van der Waals surface area contributed by atoms with E-state index in [1.165, 1.54) is 44.6 Å². The van der Waals surface area contributed by atoms with Crippen LogP contribution in [0.15, 0.2) is 66.7 Å². The van der Waals surface area contributed by atoms with E-state index >= 15 is 0 Å². The lowest BCUT2D eigenvalue weighted by atomic mass is 10.1. The predicted molar refractivity (Wildman–Crippen MR) is 113 cm³/mol. The van der Waals surface area contributed by atoms with Crippen LogP contribution < -0.4 is 20.1 Å². The Bertz CT molecular complexity index is 1150. The van der Waals surface area contributed by atoms with Crippen molar-refractivity contribution in [3.05, 3.63) is 83.4 Å². The summed E-state index contributed by atoms with van der Waals surface area (Å²) in [7, 11) is 2.93. The summed E-state index contributed by atoms with van der Waals surface area (Å²) >= 11 is 0. The summed E-state index contributed by atoms with van der Waals surface area (Å²) in [5.74, 6) is -0.209. The van der Waals surface area contributed by atoms with E-state index in [-0.39, 0.29) is 11.3 Å². The molecule has 0 unspecified atom stereocenters. The SMILES string of the molecule is COc1ccc(C(=O)Nc2cccc(C(=O)Nc3cccc(C(F)(F)F)c3)c2)cc1OC. The minimum absolute atomic E-state index is 0.00425. The Labute approximate surface area is 182 Å². The van der Waals surface area contributed by atoms with Crippen LogP contribution in [0.4, 0.5) is 24.5 Å².